The number of nitrogens with one attached hydrogen (secondary N) is 1. The van der Waals surface area contributed by atoms with Crippen molar-refractivity contribution in [3.63, 3.8) is 0 Å². The van der Waals surface area contributed by atoms with Crippen molar-refractivity contribution in [3.8, 4) is 0 Å². The summed E-state index contributed by atoms with van der Waals surface area (Å²) in [6, 6.07) is 7.48. The molecule has 1 N–H and O–H groups in total. The van der Waals surface area contributed by atoms with Crippen LogP contribution in [-0.2, 0) is 6.54 Å². The third kappa shape index (κ3) is 3.29. The van der Waals surface area contributed by atoms with Gasteiger partial charge in [-0.25, -0.2) is 0 Å². The number of amides is 1. The summed E-state index contributed by atoms with van der Waals surface area (Å²) in [7, 11) is 0. The zero-order chi connectivity index (χ0) is 14.7. The molecule has 21 heavy (non-hydrogen) atoms. The van der Waals surface area contributed by atoms with Crippen LogP contribution in [0.4, 0.5) is 0 Å². The molecule has 1 aliphatic rings. The number of rotatable bonds is 4. The van der Waals surface area contributed by atoms with E-state index in [2.05, 4.69) is 15.5 Å². The van der Waals surface area contributed by atoms with Crippen molar-refractivity contribution < 1.29 is 9.32 Å². The summed E-state index contributed by atoms with van der Waals surface area (Å²) in [5.41, 5.74) is 1.71. The summed E-state index contributed by atoms with van der Waals surface area (Å²) >= 11 is 0. The van der Waals surface area contributed by atoms with Gasteiger partial charge >= 0.3 is 0 Å². The number of benzene rings is 1. The van der Waals surface area contributed by atoms with E-state index in [1.165, 1.54) is 12.8 Å². The Morgan fingerprint density at radius 3 is 2.95 bits per heavy atom. The van der Waals surface area contributed by atoms with Crippen LogP contribution in [0.1, 0.15) is 59.2 Å². The normalized spacial score (nSPS) is 15.3. The van der Waals surface area contributed by atoms with Gasteiger partial charge < -0.3 is 9.84 Å². The van der Waals surface area contributed by atoms with E-state index in [1.54, 1.807) is 6.07 Å². The molecular formula is C16H19N3O2. The fourth-order valence-corrected chi connectivity index (χ4v) is 2.73. The van der Waals surface area contributed by atoms with Gasteiger partial charge in [-0.1, -0.05) is 35.7 Å². The minimum Gasteiger partial charge on any atom is -0.345 e. The summed E-state index contributed by atoms with van der Waals surface area (Å²) in [6.45, 7) is 2.26. The van der Waals surface area contributed by atoms with Crippen molar-refractivity contribution >= 4 is 5.91 Å². The second-order valence-corrected chi connectivity index (χ2v) is 5.58. The zero-order valence-electron chi connectivity index (χ0n) is 12.1. The molecular weight excluding hydrogens is 266 g/mol. The predicted octanol–water partition coefficient (Wildman–Crippen LogP) is 2.97. The molecule has 0 aliphatic heterocycles. The Labute approximate surface area is 123 Å². The Hall–Kier alpha value is -2.17. The van der Waals surface area contributed by atoms with Crippen LogP contribution >= 0.6 is 0 Å². The van der Waals surface area contributed by atoms with Gasteiger partial charge in [-0.05, 0) is 31.9 Å². The van der Waals surface area contributed by atoms with E-state index in [-0.39, 0.29) is 5.91 Å². The first-order valence-corrected chi connectivity index (χ1v) is 7.40. The molecule has 1 aromatic heterocycles. The van der Waals surface area contributed by atoms with Crippen molar-refractivity contribution in [2.24, 2.45) is 0 Å². The Kier molecular flexibility index (Phi) is 3.99. The first kappa shape index (κ1) is 13.8. The van der Waals surface area contributed by atoms with Gasteiger partial charge in [-0.2, -0.15) is 4.98 Å². The van der Waals surface area contributed by atoms with E-state index in [0.29, 0.717) is 29.7 Å². The Morgan fingerprint density at radius 2 is 2.19 bits per heavy atom. The summed E-state index contributed by atoms with van der Waals surface area (Å²) in [5.74, 6) is 1.54. The Bertz CT molecular complexity index is 630. The minimum atomic E-state index is -0.120. The highest BCUT2D eigenvalue weighted by Crippen LogP contribution is 2.32. The van der Waals surface area contributed by atoms with Crippen LogP contribution < -0.4 is 5.32 Å². The molecule has 0 bridgehead atoms. The number of carbonyl (C=O) groups excluding carboxylic acids is 1. The standard InChI is InChI=1S/C16H19N3O2/c1-11-5-4-8-13(9-11)15(20)17-10-14-18-16(21-19-14)12-6-2-3-7-12/h4-5,8-9,12H,2-3,6-7,10H2,1H3,(H,17,20). The van der Waals surface area contributed by atoms with E-state index in [1.807, 2.05) is 25.1 Å². The lowest BCUT2D eigenvalue weighted by Crippen LogP contribution is -2.23. The minimum absolute atomic E-state index is 0.120. The largest absolute Gasteiger partial charge is 0.345 e. The first-order chi connectivity index (χ1) is 10.2. The van der Waals surface area contributed by atoms with Gasteiger partial charge in [-0.3, -0.25) is 4.79 Å². The fourth-order valence-electron chi connectivity index (χ4n) is 2.73. The van der Waals surface area contributed by atoms with Crippen LogP contribution in [0.5, 0.6) is 0 Å². The van der Waals surface area contributed by atoms with E-state index in [4.69, 9.17) is 4.52 Å². The van der Waals surface area contributed by atoms with Gasteiger partial charge in [0.1, 0.15) is 0 Å². The lowest BCUT2D eigenvalue weighted by Gasteiger charge is -2.03. The SMILES string of the molecule is Cc1cccc(C(=O)NCc2noc(C3CCCC3)n2)c1. The maximum Gasteiger partial charge on any atom is 0.251 e. The maximum absolute atomic E-state index is 12.0. The van der Waals surface area contributed by atoms with Crippen molar-refractivity contribution in [1.82, 2.24) is 15.5 Å². The van der Waals surface area contributed by atoms with Gasteiger partial charge in [0.2, 0.25) is 5.89 Å². The van der Waals surface area contributed by atoms with E-state index < -0.39 is 0 Å². The molecule has 1 saturated carbocycles. The number of aryl methyl sites for hydroxylation is 1. The van der Waals surface area contributed by atoms with E-state index in [0.717, 1.165) is 18.4 Å². The second kappa shape index (κ2) is 6.08. The van der Waals surface area contributed by atoms with Crippen molar-refractivity contribution in [3.05, 3.63) is 47.1 Å². The van der Waals surface area contributed by atoms with Gasteiger partial charge in [0.05, 0.1) is 6.54 Å². The Morgan fingerprint density at radius 1 is 1.38 bits per heavy atom. The lowest BCUT2D eigenvalue weighted by molar-refractivity contribution is 0.0949. The molecule has 2 aromatic rings. The van der Waals surface area contributed by atoms with Crippen LogP contribution in [0, 0.1) is 6.92 Å². The molecule has 110 valence electrons. The number of nitrogens with zero attached hydrogens (tertiary/aromatic N) is 2. The van der Waals surface area contributed by atoms with E-state index in [9.17, 15) is 4.79 Å². The first-order valence-electron chi connectivity index (χ1n) is 7.40. The highest BCUT2D eigenvalue weighted by Gasteiger charge is 2.22. The summed E-state index contributed by atoms with van der Waals surface area (Å²) in [6.07, 6.45) is 4.70. The zero-order valence-corrected chi connectivity index (χ0v) is 12.1. The van der Waals surface area contributed by atoms with Crippen molar-refractivity contribution in [1.29, 1.82) is 0 Å². The molecule has 0 spiro atoms. The van der Waals surface area contributed by atoms with Crippen LogP contribution in [0.15, 0.2) is 28.8 Å². The van der Waals surface area contributed by atoms with Gasteiger partial charge in [-0.15, -0.1) is 0 Å². The highest BCUT2D eigenvalue weighted by molar-refractivity contribution is 5.94. The van der Waals surface area contributed by atoms with Crippen LogP contribution in [0.2, 0.25) is 0 Å². The quantitative estimate of drug-likeness (QED) is 0.937. The van der Waals surface area contributed by atoms with Crippen molar-refractivity contribution in [2.45, 2.75) is 45.1 Å². The molecule has 1 heterocycles. The third-order valence-corrected chi connectivity index (χ3v) is 3.88. The van der Waals surface area contributed by atoms with Crippen LogP contribution in [0.3, 0.4) is 0 Å². The topological polar surface area (TPSA) is 68.0 Å². The molecule has 3 rings (SSSR count). The molecule has 0 saturated heterocycles. The van der Waals surface area contributed by atoms with Gasteiger partial charge in [0, 0.05) is 11.5 Å². The Balaban J connectivity index is 1.58. The second-order valence-electron chi connectivity index (χ2n) is 5.58. The number of carbonyl (C=O) groups is 1. The summed E-state index contributed by atoms with van der Waals surface area (Å²) in [5, 5.41) is 6.77. The molecule has 0 unspecified atom stereocenters. The van der Waals surface area contributed by atoms with Crippen molar-refractivity contribution in [2.75, 3.05) is 0 Å². The highest BCUT2D eigenvalue weighted by atomic mass is 16.5. The molecule has 0 atom stereocenters. The average molecular weight is 285 g/mol. The number of hydrogen-bond acceptors (Lipinski definition) is 4. The molecule has 1 aromatic carbocycles. The van der Waals surface area contributed by atoms with Gasteiger partial charge in [0.25, 0.3) is 5.91 Å². The fraction of sp³-hybridized carbons (Fsp3) is 0.438. The number of hydrogen-bond donors (Lipinski definition) is 1. The molecule has 1 amide bonds. The smallest absolute Gasteiger partial charge is 0.251 e. The molecule has 5 heteroatoms. The third-order valence-electron chi connectivity index (χ3n) is 3.88. The van der Waals surface area contributed by atoms with Gasteiger partial charge in [0.15, 0.2) is 5.82 Å². The molecule has 1 fully saturated rings. The number of aromatic nitrogens is 2. The summed E-state index contributed by atoms with van der Waals surface area (Å²) < 4.78 is 5.29. The predicted molar refractivity (Wildman–Crippen MR) is 77.9 cm³/mol. The van der Waals surface area contributed by atoms with Crippen LogP contribution in [0.25, 0.3) is 0 Å². The monoisotopic (exact) mass is 285 g/mol. The average Bonchev–Trinajstić information content (AvgIpc) is 3.15. The van der Waals surface area contributed by atoms with E-state index >= 15 is 0 Å². The molecule has 5 nitrogen and oxygen atoms in total. The summed E-state index contributed by atoms with van der Waals surface area (Å²) in [4.78, 5) is 16.4. The molecule has 1 aliphatic carbocycles. The van der Waals surface area contributed by atoms with Crippen LogP contribution in [-0.4, -0.2) is 16.0 Å². The molecule has 0 radical (unpaired) electrons. The maximum atomic E-state index is 12.0. The lowest BCUT2D eigenvalue weighted by atomic mass is 10.1.